The lowest BCUT2D eigenvalue weighted by molar-refractivity contribution is 0.682. The molecule has 0 bridgehead atoms. The maximum atomic E-state index is 4.59. The lowest BCUT2D eigenvalue weighted by Crippen LogP contribution is -2.22. The van der Waals surface area contributed by atoms with E-state index in [9.17, 15) is 0 Å². The second-order valence-corrected chi connectivity index (χ2v) is 6.42. The van der Waals surface area contributed by atoms with Gasteiger partial charge in [-0.2, -0.15) is 0 Å². The van der Waals surface area contributed by atoms with Gasteiger partial charge in [-0.15, -0.1) is 0 Å². The Morgan fingerprint density at radius 3 is 2.95 bits per heavy atom. The summed E-state index contributed by atoms with van der Waals surface area (Å²) in [5.41, 5.74) is 2.41. The molecule has 1 fully saturated rings. The van der Waals surface area contributed by atoms with Gasteiger partial charge in [-0.25, -0.2) is 4.98 Å². The van der Waals surface area contributed by atoms with Crippen molar-refractivity contribution in [1.29, 1.82) is 0 Å². The highest BCUT2D eigenvalue weighted by molar-refractivity contribution is 9.10. The molecule has 0 amide bonds. The van der Waals surface area contributed by atoms with Crippen molar-refractivity contribution in [1.82, 2.24) is 15.3 Å². The van der Waals surface area contributed by atoms with E-state index in [4.69, 9.17) is 0 Å². The summed E-state index contributed by atoms with van der Waals surface area (Å²) < 4.78 is 1.02. The lowest BCUT2D eigenvalue weighted by Gasteiger charge is -2.21. The number of rotatable bonds is 6. The molecule has 0 unspecified atom stereocenters. The molecule has 1 aliphatic rings. The summed E-state index contributed by atoms with van der Waals surface area (Å²) in [5.74, 6) is 1.02. The second kappa shape index (κ2) is 6.54. The van der Waals surface area contributed by atoms with E-state index in [1.54, 1.807) is 6.20 Å². The number of hydrogen-bond acceptors (Lipinski definition) is 4. The van der Waals surface area contributed by atoms with Crippen LogP contribution in [0.3, 0.4) is 0 Å². The van der Waals surface area contributed by atoms with Crippen molar-refractivity contribution < 1.29 is 0 Å². The van der Waals surface area contributed by atoms with Crippen molar-refractivity contribution in [2.45, 2.75) is 32.0 Å². The van der Waals surface area contributed by atoms with Crippen LogP contribution >= 0.6 is 15.9 Å². The highest BCUT2D eigenvalue weighted by atomic mass is 79.9. The van der Waals surface area contributed by atoms with Gasteiger partial charge in [-0.05, 0) is 46.5 Å². The van der Waals surface area contributed by atoms with Crippen LogP contribution in [0, 0.1) is 0 Å². The molecule has 1 N–H and O–H groups in total. The lowest BCUT2D eigenvalue weighted by atomic mass is 10.2. The van der Waals surface area contributed by atoms with E-state index >= 15 is 0 Å². The molecule has 0 aromatic carbocycles. The summed E-state index contributed by atoms with van der Waals surface area (Å²) in [6.07, 6.45) is 8.14. The fraction of sp³-hybridized carbons (Fsp3) is 0.375. The van der Waals surface area contributed by atoms with E-state index in [0.29, 0.717) is 6.04 Å². The molecule has 110 valence electrons. The third-order valence-electron chi connectivity index (χ3n) is 3.57. The topological polar surface area (TPSA) is 41.1 Å². The zero-order valence-corrected chi connectivity index (χ0v) is 13.7. The summed E-state index contributed by atoms with van der Waals surface area (Å²) >= 11 is 3.52. The number of anilines is 1. The summed E-state index contributed by atoms with van der Waals surface area (Å²) in [4.78, 5) is 10.9. The molecule has 0 radical (unpaired) electrons. The first kappa shape index (κ1) is 14.5. The molecule has 0 atom stereocenters. The quantitative estimate of drug-likeness (QED) is 0.872. The zero-order chi connectivity index (χ0) is 14.7. The molecule has 0 spiro atoms. The number of nitrogens with zero attached hydrogens (tertiary/aromatic N) is 3. The van der Waals surface area contributed by atoms with Gasteiger partial charge in [-0.1, -0.05) is 6.07 Å². The molecular weight excluding hydrogens is 328 g/mol. The normalized spacial score (nSPS) is 14.2. The fourth-order valence-corrected chi connectivity index (χ4v) is 2.71. The number of pyridine rings is 2. The van der Waals surface area contributed by atoms with Crippen LogP contribution in [0.25, 0.3) is 0 Å². The van der Waals surface area contributed by atoms with Gasteiger partial charge in [0.2, 0.25) is 0 Å². The highest BCUT2D eigenvalue weighted by Crippen LogP contribution is 2.24. The van der Waals surface area contributed by atoms with Gasteiger partial charge < -0.3 is 10.2 Å². The van der Waals surface area contributed by atoms with E-state index in [1.807, 2.05) is 18.5 Å². The Morgan fingerprint density at radius 2 is 2.24 bits per heavy atom. The SMILES string of the molecule is CN(Cc1cccnc1)c1ncc(Br)cc1CNC1CC1. The molecule has 0 aliphatic heterocycles. The first-order chi connectivity index (χ1) is 10.2. The van der Waals surface area contributed by atoms with Crippen LogP contribution in [0.2, 0.25) is 0 Å². The predicted molar refractivity (Wildman–Crippen MR) is 88.1 cm³/mol. The minimum Gasteiger partial charge on any atom is -0.355 e. The molecule has 21 heavy (non-hydrogen) atoms. The summed E-state index contributed by atoms with van der Waals surface area (Å²) in [7, 11) is 2.07. The Labute approximate surface area is 133 Å². The molecule has 1 saturated carbocycles. The molecule has 3 rings (SSSR count). The molecule has 2 aromatic rings. The van der Waals surface area contributed by atoms with Gasteiger partial charge in [0.15, 0.2) is 0 Å². The van der Waals surface area contributed by atoms with Gasteiger partial charge in [0.1, 0.15) is 5.82 Å². The van der Waals surface area contributed by atoms with Crippen LogP contribution in [0.4, 0.5) is 5.82 Å². The van der Waals surface area contributed by atoms with E-state index in [2.05, 4.69) is 55.3 Å². The highest BCUT2D eigenvalue weighted by Gasteiger charge is 2.21. The summed E-state index contributed by atoms with van der Waals surface area (Å²) in [6.45, 7) is 1.67. The molecule has 2 aromatic heterocycles. The largest absolute Gasteiger partial charge is 0.355 e. The average molecular weight is 347 g/mol. The van der Waals surface area contributed by atoms with E-state index in [1.165, 1.54) is 24.0 Å². The molecule has 1 aliphatic carbocycles. The standard InChI is InChI=1S/C16H19BrN4/c1-21(11-12-3-2-6-18-8-12)16-13(7-14(17)10-20-16)9-19-15-4-5-15/h2-3,6-8,10,15,19H,4-5,9,11H2,1H3. The first-order valence-electron chi connectivity index (χ1n) is 7.20. The number of aromatic nitrogens is 2. The van der Waals surface area contributed by atoms with Crippen LogP contribution < -0.4 is 10.2 Å². The van der Waals surface area contributed by atoms with Crippen molar-refractivity contribution in [3.8, 4) is 0 Å². The van der Waals surface area contributed by atoms with Crippen LogP contribution in [0.5, 0.6) is 0 Å². The summed E-state index contributed by atoms with van der Waals surface area (Å²) in [6, 6.07) is 6.90. The number of halogens is 1. The first-order valence-corrected chi connectivity index (χ1v) is 7.99. The van der Waals surface area contributed by atoms with Crippen molar-refractivity contribution >= 4 is 21.7 Å². The average Bonchev–Trinajstić information content (AvgIpc) is 3.30. The Bertz CT molecular complexity index is 598. The van der Waals surface area contributed by atoms with Gasteiger partial charge in [-0.3, -0.25) is 4.98 Å². The predicted octanol–water partition coefficient (Wildman–Crippen LogP) is 3.13. The van der Waals surface area contributed by atoms with Crippen molar-refractivity contribution in [3.05, 3.63) is 52.4 Å². The molecular formula is C16H19BrN4. The Hall–Kier alpha value is -1.46. The van der Waals surface area contributed by atoms with E-state index in [0.717, 1.165) is 23.4 Å². The molecule has 0 saturated heterocycles. The Kier molecular flexibility index (Phi) is 4.51. The minimum absolute atomic E-state index is 0.695. The Balaban J connectivity index is 1.75. The fourth-order valence-electron chi connectivity index (χ4n) is 2.33. The zero-order valence-electron chi connectivity index (χ0n) is 12.1. The number of nitrogens with one attached hydrogen (secondary N) is 1. The van der Waals surface area contributed by atoms with Crippen LogP contribution in [0.15, 0.2) is 41.3 Å². The number of hydrogen-bond donors (Lipinski definition) is 1. The minimum atomic E-state index is 0.695. The van der Waals surface area contributed by atoms with Crippen molar-refractivity contribution in [2.24, 2.45) is 0 Å². The molecule has 4 nitrogen and oxygen atoms in total. The monoisotopic (exact) mass is 346 g/mol. The van der Waals surface area contributed by atoms with Gasteiger partial charge in [0, 0.05) is 54.8 Å². The van der Waals surface area contributed by atoms with Gasteiger partial charge in [0.25, 0.3) is 0 Å². The van der Waals surface area contributed by atoms with Crippen LogP contribution in [0.1, 0.15) is 24.0 Å². The molecule has 2 heterocycles. The van der Waals surface area contributed by atoms with Crippen molar-refractivity contribution in [2.75, 3.05) is 11.9 Å². The van der Waals surface area contributed by atoms with Gasteiger partial charge in [0.05, 0.1) is 0 Å². The Morgan fingerprint density at radius 1 is 1.38 bits per heavy atom. The molecule has 5 heteroatoms. The van der Waals surface area contributed by atoms with E-state index in [-0.39, 0.29) is 0 Å². The van der Waals surface area contributed by atoms with E-state index < -0.39 is 0 Å². The van der Waals surface area contributed by atoms with Crippen molar-refractivity contribution in [3.63, 3.8) is 0 Å². The third-order valence-corrected chi connectivity index (χ3v) is 4.01. The third kappa shape index (κ3) is 4.02. The maximum absolute atomic E-state index is 4.59. The smallest absolute Gasteiger partial charge is 0.133 e. The van der Waals surface area contributed by atoms with Gasteiger partial charge >= 0.3 is 0 Å². The van der Waals surface area contributed by atoms with Crippen LogP contribution in [-0.4, -0.2) is 23.1 Å². The summed E-state index contributed by atoms with van der Waals surface area (Å²) in [5, 5.41) is 3.56. The second-order valence-electron chi connectivity index (χ2n) is 5.51. The van der Waals surface area contributed by atoms with Crippen LogP contribution in [-0.2, 0) is 13.1 Å². The maximum Gasteiger partial charge on any atom is 0.133 e.